The Morgan fingerprint density at radius 2 is 2.00 bits per heavy atom. The highest BCUT2D eigenvalue weighted by atomic mass is 35.5. The number of aliphatic hydroxyl groups is 1. The maximum absolute atomic E-state index is 12.2. The van der Waals surface area contributed by atoms with Crippen LogP contribution in [0.25, 0.3) is 0 Å². The zero-order chi connectivity index (χ0) is 16.9. The zero-order valence-corrected chi connectivity index (χ0v) is 14.1. The molecule has 6 heteroatoms. The molecule has 0 aromatic heterocycles. The van der Waals surface area contributed by atoms with E-state index in [2.05, 4.69) is 5.32 Å². The average Bonchev–Trinajstić information content (AvgIpc) is 2.47. The molecule has 1 aromatic rings. The molecule has 0 atom stereocenters. The number of likely N-dealkylation sites (N-methyl/N-ethyl adjacent to an activating group) is 1. The SMILES string of the molecule is CN(CC(=O)Nc1cccc(Cl)c1)C(=O)CC1(O)CCCCC1. The minimum absolute atomic E-state index is 0.0541. The molecule has 1 aliphatic rings. The van der Waals surface area contributed by atoms with Crippen LogP contribution in [-0.2, 0) is 9.59 Å². The molecule has 1 fully saturated rings. The van der Waals surface area contributed by atoms with Crippen LogP contribution in [0.2, 0.25) is 5.02 Å². The maximum atomic E-state index is 12.2. The predicted molar refractivity (Wildman–Crippen MR) is 90.4 cm³/mol. The van der Waals surface area contributed by atoms with Gasteiger partial charge in [-0.2, -0.15) is 0 Å². The Hall–Kier alpha value is -1.59. The summed E-state index contributed by atoms with van der Waals surface area (Å²) in [5, 5.41) is 13.7. The van der Waals surface area contributed by atoms with Gasteiger partial charge in [0.1, 0.15) is 0 Å². The summed E-state index contributed by atoms with van der Waals surface area (Å²) < 4.78 is 0. The first kappa shape index (κ1) is 17.8. The summed E-state index contributed by atoms with van der Waals surface area (Å²) >= 11 is 5.86. The molecule has 0 spiro atoms. The molecule has 0 aliphatic heterocycles. The molecule has 0 radical (unpaired) electrons. The monoisotopic (exact) mass is 338 g/mol. The molecular weight excluding hydrogens is 316 g/mol. The van der Waals surface area contributed by atoms with Crippen molar-refractivity contribution in [3.63, 3.8) is 0 Å². The summed E-state index contributed by atoms with van der Waals surface area (Å²) in [4.78, 5) is 25.6. The van der Waals surface area contributed by atoms with E-state index in [-0.39, 0.29) is 24.8 Å². The van der Waals surface area contributed by atoms with E-state index in [4.69, 9.17) is 11.6 Å². The number of nitrogens with zero attached hydrogens (tertiary/aromatic N) is 1. The van der Waals surface area contributed by atoms with Crippen LogP contribution in [0.15, 0.2) is 24.3 Å². The molecule has 23 heavy (non-hydrogen) atoms. The van der Waals surface area contributed by atoms with Gasteiger partial charge in [0.15, 0.2) is 0 Å². The second kappa shape index (κ2) is 7.79. The fraction of sp³-hybridized carbons (Fsp3) is 0.529. The van der Waals surface area contributed by atoms with Crippen LogP contribution in [0.5, 0.6) is 0 Å². The molecule has 126 valence electrons. The van der Waals surface area contributed by atoms with Crippen molar-refractivity contribution >= 4 is 29.1 Å². The number of carbonyl (C=O) groups is 2. The van der Waals surface area contributed by atoms with Crippen LogP contribution in [0.4, 0.5) is 5.69 Å². The Labute approximate surface area is 141 Å². The Kier molecular flexibility index (Phi) is 6.02. The summed E-state index contributed by atoms with van der Waals surface area (Å²) in [5.41, 5.74) is -0.318. The topological polar surface area (TPSA) is 69.6 Å². The Balaban J connectivity index is 1.84. The van der Waals surface area contributed by atoms with Gasteiger partial charge >= 0.3 is 0 Å². The largest absolute Gasteiger partial charge is 0.389 e. The van der Waals surface area contributed by atoms with E-state index in [1.54, 1.807) is 31.3 Å². The number of anilines is 1. The third kappa shape index (κ3) is 5.52. The van der Waals surface area contributed by atoms with Gasteiger partial charge in [0.25, 0.3) is 0 Å². The van der Waals surface area contributed by atoms with Gasteiger partial charge in [-0.05, 0) is 31.0 Å². The molecule has 0 saturated heterocycles. The van der Waals surface area contributed by atoms with Crippen molar-refractivity contribution in [3.05, 3.63) is 29.3 Å². The molecule has 2 amide bonds. The van der Waals surface area contributed by atoms with Gasteiger partial charge in [0.05, 0.1) is 18.6 Å². The van der Waals surface area contributed by atoms with Crippen LogP contribution in [0, 0.1) is 0 Å². The number of hydrogen-bond acceptors (Lipinski definition) is 3. The third-order valence-corrected chi connectivity index (χ3v) is 4.41. The molecule has 5 nitrogen and oxygen atoms in total. The minimum Gasteiger partial charge on any atom is -0.389 e. The molecule has 1 saturated carbocycles. The van der Waals surface area contributed by atoms with Crippen LogP contribution in [-0.4, -0.2) is 41.0 Å². The lowest BCUT2D eigenvalue weighted by Gasteiger charge is -2.32. The molecule has 2 rings (SSSR count). The van der Waals surface area contributed by atoms with Crippen LogP contribution in [0.1, 0.15) is 38.5 Å². The van der Waals surface area contributed by atoms with Crippen molar-refractivity contribution in [1.82, 2.24) is 4.90 Å². The summed E-state index contributed by atoms with van der Waals surface area (Å²) in [6, 6.07) is 6.84. The highest BCUT2D eigenvalue weighted by Gasteiger charge is 2.32. The van der Waals surface area contributed by atoms with E-state index in [9.17, 15) is 14.7 Å². The van der Waals surface area contributed by atoms with Crippen molar-refractivity contribution in [2.45, 2.75) is 44.1 Å². The first-order valence-corrected chi connectivity index (χ1v) is 8.27. The Morgan fingerprint density at radius 3 is 2.65 bits per heavy atom. The zero-order valence-electron chi connectivity index (χ0n) is 13.3. The quantitative estimate of drug-likeness (QED) is 0.867. The molecule has 0 heterocycles. The summed E-state index contributed by atoms with van der Waals surface area (Å²) in [7, 11) is 1.58. The van der Waals surface area contributed by atoms with E-state index >= 15 is 0 Å². The molecule has 0 bridgehead atoms. The third-order valence-electron chi connectivity index (χ3n) is 4.18. The molecule has 1 aromatic carbocycles. The van der Waals surface area contributed by atoms with Crippen molar-refractivity contribution in [2.24, 2.45) is 0 Å². The van der Waals surface area contributed by atoms with Gasteiger partial charge < -0.3 is 15.3 Å². The number of halogens is 1. The maximum Gasteiger partial charge on any atom is 0.243 e. The Morgan fingerprint density at radius 1 is 1.30 bits per heavy atom. The molecular formula is C17H23ClN2O3. The highest BCUT2D eigenvalue weighted by molar-refractivity contribution is 6.30. The lowest BCUT2D eigenvalue weighted by Crippen LogP contribution is -2.41. The van der Waals surface area contributed by atoms with Crippen LogP contribution >= 0.6 is 11.6 Å². The van der Waals surface area contributed by atoms with E-state index in [1.165, 1.54) is 4.90 Å². The van der Waals surface area contributed by atoms with Gasteiger partial charge in [0, 0.05) is 17.8 Å². The van der Waals surface area contributed by atoms with Crippen molar-refractivity contribution < 1.29 is 14.7 Å². The number of hydrogen-bond donors (Lipinski definition) is 2. The number of rotatable bonds is 5. The van der Waals surface area contributed by atoms with Crippen molar-refractivity contribution in [2.75, 3.05) is 18.9 Å². The minimum atomic E-state index is -0.910. The van der Waals surface area contributed by atoms with Gasteiger partial charge in [-0.1, -0.05) is 36.9 Å². The second-order valence-electron chi connectivity index (χ2n) is 6.27. The summed E-state index contributed by atoms with van der Waals surface area (Å²) in [5.74, 6) is -0.505. The first-order chi connectivity index (χ1) is 10.9. The normalized spacial score (nSPS) is 16.7. The van der Waals surface area contributed by atoms with Crippen molar-refractivity contribution in [1.29, 1.82) is 0 Å². The second-order valence-corrected chi connectivity index (χ2v) is 6.71. The summed E-state index contributed by atoms with van der Waals surface area (Å²) in [6.45, 7) is -0.0541. The number of carbonyl (C=O) groups excluding carboxylic acids is 2. The number of nitrogens with one attached hydrogen (secondary N) is 1. The first-order valence-electron chi connectivity index (χ1n) is 7.90. The van der Waals surface area contributed by atoms with Crippen LogP contribution in [0.3, 0.4) is 0 Å². The van der Waals surface area contributed by atoms with E-state index in [0.29, 0.717) is 23.6 Å². The molecule has 1 aliphatic carbocycles. The smallest absolute Gasteiger partial charge is 0.243 e. The molecule has 0 unspecified atom stereocenters. The van der Waals surface area contributed by atoms with Crippen molar-refractivity contribution in [3.8, 4) is 0 Å². The lowest BCUT2D eigenvalue weighted by molar-refractivity contribution is -0.139. The lowest BCUT2D eigenvalue weighted by atomic mass is 9.82. The van der Waals surface area contributed by atoms with E-state index in [0.717, 1.165) is 19.3 Å². The van der Waals surface area contributed by atoms with Gasteiger partial charge in [0.2, 0.25) is 11.8 Å². The van der Waals surface area contributed by atoms with Gasteiger partial charge in [-0.3, -0.25) is 9.59 Å². The van der Waals surface area contributed by atoms with E-state index in [1.807, 2.05) is 0 Å². The standard InChI is InChI=1S/C17H23ClN2O3/c1-20(16(22)11-17(23)8-3-2-4-9-17)12-15(21)19-14-7-5-6-13(18)10-14/h5-7,10,23H,2-4,8-9,11-12H2,1H3,(H,19,21). The average molecular weight is 339 g/mol. The molecule has 2 N–H and O–H groups in total. The van der Waals surface area contributed by atoms with E-state index < -0.39 is 5.60 Å². The van der Waals surface area contributed by atoms with Gasteiger partial charge in [-0.25, -0.2) is 0 Å². The van der Waals surface area contributed by atoms with Gasteiger partial charge in [-0.15, -0.1) is 0 Å². The predicted octanol–water partition coefficient (Wildman–Crippen LogP) is 2.82. The number of amides is 2. The fourth-order valence-corrected chi connectivity index (χ4v) is 3.06. The van der Waals surface area contributed by atoms with Crippen LogP contribution < -0.4 is 5.32 Å². The highest BCUT2D eigenvalue weighted by Crippen LogP contribution is 2.31. The summed E-state index contributed by atoms with van der Waals surface area (Å²) in [6.07, 6.45) is 4.39. The Bertz CT molecular complexity index is 571. The number of benzene rings is 1. The fourth-order valence-electron chi connectivity index (χ4n) is 2.87.